The second-order valence-corrected chi connectivity index (χ2v) is 10.1. The van der Waals surface area contributed by atoms with E-state index in [9.17, 15) is 4.39 Å². The predicted molar refractivity (Wildman–Crippen MR) is 152 cm³/mol. The smallest absolute Gasteiger partial charge is 0.139 e. The van der Waals surface area contributed by atoms with Gasteiger partial charge < -0.3 is 4.74 Å². The van der Waals surface area contributed by atoms with E-state index < -0.39 is 0 Å². The van der Waals surface area contributed by atoms with Gasteiger partial charge in [-0.3, -0.25) is 9.67 Å². The molecule has 2 heterocycles. The molecule has 0 amide bonds. The van der Waals surface area contributed by atoms with Gasteiger partial charge >= 0.3 is 0 Å². The van der Waals surface area contributed by atoms with Crippen molar-refractivity contribution < 1.29 is 9.13 Å². The van der Waals surface area contributed by atoms with Crippen LogP contribution in [0, 0.1) is 5.82 Å². The first kappa shape index (κ1) is 28.1. The van der Waals surface area contributed by atoms with Crippen molar-refractivity contribution in [3.05, 3.63) is 111 Å². The maximum absolute atomic E-state index is 12.9. The molecule has 0 radical (unpaired) electrons. The van der Waals surface area contributed by atoms with Gasteiger partial charge in [-0.05, 0) is 66.6 Å². The van der Waals surface area contributed by atoms with E-state index in [2.05, 4.69) is 22.0 Å². The third kappa shape index (κ3) is 7.35. The summed E-state index contributed by atoms with van der Waals surface area (Å²) in [4.78, 5) is 8.17. The number of benzene rings is 3. The minimum Gasteiger partial charge on any atom is -0.457 e. The molecular weight excluding hydrogens is 569 g/mol. The highest BCUT2D eigenvalue weighted by Crippen LogP contribution is 2.36. The van der Waals surface area contributed by atoms with Crippen LogP contribution in [0.25, 0.3) is 10.9 Å². The maximum Gasteiger partial charge on any atom is 0.139 e. The first-order valence-electron chi connectivity index (χ1n) is 11.8. The van der Waals surface area contributed by atoms with Crippen LogP contribution in [-0.2, 0) is 6.54 Å². The van der Waals surface area contributed by atoms with Gasteiger partial charge in [0.1, 0.15) is 30.0 Å². The summed E-state index contributed by atoms with van der Waals surface area (Å²) in [5.74, 6) is 1.08. The molecule has 5 rings (SSSR count). The summed E-state index contributed by atoms with van der Waals surface area (Å²) in [5.41, 5.74) is 1.76. The largest absolute Gasteiger partial charge is 0.457 e. The zero-order chi connectivity index (χ0) is 27.1. The van der Waals surface area contributed by atoms with Crippen molar-refractivity contribution in [3.8, 4) is 11.5 Å². The number of ether oxygens (including phenoxy) is 1. The van der Waals surface area contributed by atoms with Crippen LogP contribution in [-0.4, -0.2) is 19.7 Å². The molecule has 5 nitrogen and oxygen atoms in total. The van der Waals surface area contributed by atoms with Crippen molar-refractivity contribution in [2.24, 2.45) is 0 Å². The molecule has 0 aliphatic heterocycles. The lowest BCUT2D eigenvalue weighted by Gasteiger charge is -2.18. The van der Waals surface area contributed by atoms with Crippen molar-refractivity contribution in [1.29, 1.82) is 0 Å². The Morgan fingerprint density at radius 1 is 0.921 bits per heavy atom. The van der Waals surface area contributed by atoms with Crippen molar-refractivity contribution in [2.45, 2.75) is 32.2 Å². The SMILES string of the molecule is CCCC(Cn1cncn1)c1ccc(Cl)cc1Cl.Fc1ccc(Oc2ccnc3cc(Cl)cc(Cl)c23)cc1. The number of rotatable bonds is 7. The van der Waals surface area contributed by atoms with Crippen molar-refractivity contribution in [2.75, 3.05) is 0 Å². The molecule has 0 fully saturated rings. The number of hydrogen-bond acceptors (Lipinski definition) is 4. The first-order valence-corrected chi connectivity index (χ1v) is 13.3. The number of hydrogen-bond donors (Lipinski definition) is 0. The molecule has 0 N–H and O–H groups in total. The summed E-state index contributed by atoms with van der Waals surface area (Å²) < 4.78 is 20.5. The van der Waals surface area contributed by atoms with Crippen LogP contribution in [0.1, 0.15) is 31.2 Å². The van der Waals surface area contributed by atoms with E-state index in [0.29, 0.717) is 43.4 Å². The minimum atomic E-state index is -0.318. The number of nitrogens with zero attached hydrogens (tertiary/aromatic N) is 4. The lowest BCUT2D eigenvalue weighted by atomic mass is 9.94. The molecule has 2 aromatic heterocycles. The monoisotopic (exact) mass is 590 g/mol. The van der Waals surface area contributed by atoms with E-state index in [1.165, 1.54) is 12.1 Å². The summed E-state index contributed by atoms with van der Waals surface area (Å²) in [6, 6.07) is 16.5. The van der Waals surface area contributed by atoms with E-state index in [1.54, 1.807) is 55.2 Å². The van der Waals surface area contributed by atoms with Crippen molar-refractivity contribution >= 4 is 57.3 Å². The quantitative estimate of drug-likeness (QED) is 0.189. The standard InChI is InChI=1S/C15H8Cl2FNO.C13H15Cl2N3/c16-9-7-12(17)15-13(8-9)19-6-5-14(15)20-11-3-1-10(18)2-4-11;1-2-3-10(7-18-9-16-8-17-18)12-5-4-11(14)6-13(12)15/h1-8H;4-6,8-10H,2-3,7H2,1H3. The van der Waals surface area contributed by atoms with Crippen LogP contribution in [0.4, 0.5) is 4.39 Å². The Hall–Kier alpha value is -2.90. The number of halogens is 5. The number of fused-ring (bicyclic) bond motifs is 1. The van der Waals surface area contributed by atoms with Gasteiger partial charge in [0.15, 0.2) is 0 Å². The molecule has 0 spiro atoms. The summed E-state index contributed by atoms with van der Waals surface area (Å²) >= 11 is 24.3. The van der Waals surface area contributed by atoms with Gasteiger partial charge in [-0.2, -0.15) is 5.10 Å². The Kier molecular flexibility index (Phi) is 9.80. The molecule has 0 aliphatic rings. The van der Waals surface area contributed by atoms with Crippen LogP contribution in [0.2, 0.25) is 20.1 Å². The lowest BCUT2D eigenvalue weighted by Crippen LogP contribution is -2.10. The van der Waals surface area contributed by atoms with Gasteiger partial charge in [0, 0.05) is 33.7 Å². The molecule has 196 valence electrons. The highest BCUT2D eigenvalue weighted by atomic mass is 35.5. The van der Waals surface area contributed by atoms with Crippen molar-refractivity contribution in [3.63, 3.8) is 0 Å². The molecule has 10 heteroatoms. The van der Waals surface area contributed by atoms with Gasteiger partial charge in [0.2, 0.25) is 0 Å². The third-order valence-corrected chi connectivity index (χ3v) is 6.75. The molecule has 3 aromatic carbocycles. The Balaban J connectivity index is 0.000000178. The molecule has 38 heavy (non-hydrogen) atoms. The number of pyridine rings is 1. The molecule has 1 atom stereocenters. The molecule has 5 aromatic rings. The molecule has 0 saturated carbocycles. The molecular formula is C28H23Cl4FN4O. The average molecular weight is 592 g/mol. The van der Waals surface area contributed by atoms with Gasteiger partial charge in [-0.15, -0.1) is 0 Å². The molecule has 1 unspecified atom stereocenters. The second kappa shape index (κ2) is 13.3. The van der Waals surface area contributed by atoms with E-state index in [4.69, 9.17) is 51.1 Å². The maximum atomic E-state index is 12.9. The summed E-state index contributed by atoms with van der Waals surface area (Å²) in [6.07, 6.45) is 7.03. The van der Waals surface area contributed by atoms with Crippen LogP contribution >= 0.6 is 46.4 Å². The van der Waals surface area contributed by atoms with Gasteiger partial charge in [-0.25, -0.2) is 9.37 Å². The van der Waals surface area contributed by atoms with Gasteiger partial charge in [0.05, 0.1) is 15.9 Å². The fraction of sp³-hybridized carbons (Fsp3) is 0.179. The molecule has 0 saturated heterocycles. The first-order chi connectivity index (χ1) is 18.3. The Labute approximate surface area is 240 Å². The Bertz CT molecular complexity index is 1500. The van der Waals surface area contributed by atoms with Gasteiger partial charge in [-0.1, -0.05) is 65.8 Å². The van der Waals surface area contributed by atoms with E-state index in [-0.39, 0.29) is 5.82 Å². The Morgan fingerprint density at radius 3 is 2.37 bits per heavy atom. The third-order valence-electron chi connectivity index (χ3n) is 5.68. The fourth-order valence-corrected chi connectivity index (χ4v) is 5.11. The predicted octanol–water partition coefficient (Wildman–Crippen LogP) is 9.64. The summed E-state index contributed by atoms with van der Waals surface area (Å²) in [7, 11) is 0. The van der Waals surface area contributed by atoms with Crippen LogP contribution in [0.3, 0.4) is 0 Å². The Morgan fingerprint density at radius 2 is 1.68 bits per heavy atom. The molecule has 0 aliphatic carbocycles. The molecule has 0 bridgehead atoms. The minimum absolute atomic E-state index is 0.318. The van der Waals surface area contributed by atoms with Crippen LogP contribution in [0.5, 0.6) is 11.5 Å². The highest BCUT2D eigenvalue weighted by molar-refractivity contribution is 6.39. The highest BCUT2D eigenvalue weighted by Gasteiger charge is 2.15. The lowest BCUT2D eigenvalue weighted by molar-refractivity contribution is 0.484. The fourth-order valence-electron chi connectivity index (χ4n) is 3.97. The van der Waals surface area contributed by atoms with Crippen LogP contribution in [0.15, 0.2) is 79.5 Å². The average Bonchev–Trinajstić information content (AvgIpc) is 3.39. The van der Waals surface area contributed by atoms with E-state index in [1.807, 2.05) is 16.8 Å². The summed E-state index contributed by atoms with van der Waals surface area (Å²) in [5, 5.41) is 7.17. The van der Waals surface area contributed by atoms with E-state index in [0.717, 1.165) is 30.0 Å². The normalized spacial score (nSPS) is 11.6. The second-order valence-electron chi connectivity index (χ2n) is 8.42. The van der Waals surface area contributed by atoms with Crippen LogP contribution < -0.4 is 4.74 Å². The van der Waals surface area contributed by atoms with Gasteiger partial charge in [0.25, 0.3) is 0 Å². The zero-order valence-electron chi connectivity index (χ0n) is 20.3. The van der Waals surface area contributed by atoms with E-state index >= 15 is 0 Å². The topological polar surface area (TPSA) is 52.8 Å². The zero-order valence-corrected chi connectivity index (χ0v) is 23.3. The van der Waals surface area contributed by atoms with Crippen molar-refractivity contribution in [1.82, 2.24) is 19.7 Å². The number of aromatic nitrogens is 4. The summed E-state index contributed by atoms with van der Waals surface area (Å²) in [6.45, 7) is 2.95.